The van der Waals surface area contributed by atoms with Crippen LogP contribution in [0.5, 0.6) is 23.0 Å². The maximum absolute atomic E-state index is 5.33. The second kappa shape index (κ2) is 9.03. The highest BCUT2D eigenvalue weighted by Crippen LogP contribution is 2.27. The van der Waals surface area contributed by atoms with Crippen molar-refractivity contribution in [1.29, 1.82) is 0 Å². The SMILES string of the molecule is COc1cc(CNCCc2ccc(OC)c(OC)c2)cc(OC)c1. The van der Waals surface area contributed by atoms with Crippen molar-refractivity contribution in [3.8, 4) is 23.0 Å². The van der Waals surface area contributed by atoms with Gasteiger partial charge >= 0.3 is 0 Å². The first-order valence-corrected chi connectivity index (χ1v) is 7.83. The van der Waals surface area contributed by atoms with E-state index >= 15 is 0 Å². The van der Waals surface area contributed by atoms with E-state index in [-0.39, 0.29) is 0 Å². The predicted octanol–water partition coefficient (Wildman–Crippen LogP) is 3.05. The molecule has 0 aliphatic carbocycles. The largest absolute Gasteiger partial charge is 0.497 e. The van der Waals surface area contributed by atoms with Crippen molar-refractivity contribution >= 4 is 0 Å². The van der Waals surface area contributed by atoms with Crippen molar-refractivity contribution in [2.75, 3.05) is 35.0 Å². The Labute approximate surface area is 143 Å². The highest BCUT2D eigenvalue weighted by atomic mass is 16.5. The lowest BCUT2D eigenvalue weighted by molar-refractivity contribution is 0.354. The highest BCUT2D eigenvalue weighted by molar-refractivity contribution is 5.43. The third kappa shape index (κ3) is 4.80. The Bertz CT molecular complexity index is 636. The second-order valence-electron chi connectivity index (χ2n) is 5.34. The van der Waals surface area contributed by atoms with Crippen LogP contribution in [0.25, 0.3) is 0 Å². The number of nitrogens with one attached hydrogen (secondary N) is 1. The molecular formula is C19H25NO4. The summed E-state index contributed by atoms with van der Waals surface area (Å²) >= 11 is 0. The van der Waals surface area contributed by atoms with Crippen LogP contribution >= 0.6 is 0 Å². The Morgan fingerprint density at radius 1 is 0.708 bits per heavy atom. The lowest BCUT2D eigenvalue weighted by Gasteiger charge is -2.11. The number of ether oxygens (including phenoxy) is 4. The van der Waals surface area contributed by atoms with Gasteiger partial charge in [-0.2, -0.15) is 0 Å². The van der Waals surface area contributed by atoms with E-state index in [4.69, 9.17) is 18.9 Å². The molecule has 1 N–H and O–H groups in total. The summed E-state index contributed by atoms with van der Waals surface area (Å²) in [6.07, 6.45) is 0.904. The number of methoxy groups -OCH3 is 4. The van der Waals surface area contributed by atoms with Gasteiger partial charge in [0.1, 0.15) is 11.5 Å². The van der Waals surface area contributed by atoms with Gasteiger partial charge in [-0.05, 0) is 48.4 Å². The summed E-state index contributed by atoms with van der Waals surface area (Å²) in [5.41, 5.74) is 2.32. The van der Waals surface area contributed by atoms with Crippen LogP contribution in [0.1, 0.15) is 11.1 Å². The van der Waals surface area contributed by atoms with E-state index in [2.05, 4.69) is 11.4 Å². The summed E-state index contributed by atoms with van der Waals surface area (Å²) < 4.78 is 21.2. The maximum Gasteiger partial charge on any atom is 0.160 e. The molecule has 0 bridgehead atoms. The Morgan fingerprint density at radius 3 is 1.96 bits per heavy atom. The van der Waals surface area contributed by atoms with Gasteiger partial charge in [-0.1, -0.05) is 6.07 Å². The minimum atomic E-state index is 0.748. The standard InChI is InChI=1S/C19H25NO4/c1-21-16-9-15(10-17(12-16)22-2)13-20-8-7-14-5-6-18(23-3)19(11-14)24-4/h5-6,9-12,20H,7-8,13H2,1-4H3. The summed E-state index contributed by atoms with van der Waals surface area (Å²) in [6.45, 7) is 1.61. The van der Waals surface area contributed by atoms with Crippen molar-refractivity contribution in [3.63, 3.8) is 0 Å². The monoisotopic (exact) mass is 331 g/mol. The molecule has 2 aromatic carbocycles. The second-order valence-corrected chi connectivity index (χ2v) is 5.34. The summed E-state index contributed by atoms with van der Waals surface area (Å²) in [4.78, 5) is 0. The minimum absolute atomic E-state index is 0.748. The summed E-state index contributed by atoms with van der Waals surface area (Å²) in [5, 5.41) is 3.44. The van der Waals surface area contributed by atoms with Gasteiger partial charge in [0.15, 0.2) is 11.5 Å². The fourth-order valence-corrected chi connectivity index (χ4v) is 2.47. The van der Waals surface area contributed by atoms with E-state index in [9.17, 15) is 0 Å². The van der Waals surface area contributed by atoms with Gasteiger partial charge in [0, 0.05) is 12.6 Å². The molecule has 0 radical (unpaired) electrons. The van der Waals surface area contributed by atoms with E-state index in [1.807, 2.05) is 30.3 Å². The molecule has 0 aliphatic heterocycles. The summed E-state index contributed by atoms with van der Waals surface area (Å²) in [6, 6.07) is 11.9. The third-order valence-corrected chi connectivity index (χ3v) is 3.78. The zero-order valence-electron chi connectivity index (χ0n) is 14.7. The molecule has 0 saturated carbocycles. The minimum Gasteiger partial charge on any atom is -0.497 e. The van der Waals surface area contributed by atoms with Gasteiger partial charge in [0.25, 0.3) is 0 Å². The average Bonchev–Trinajstić information content (AvgIpc) is 2.64. The topological polar surface area (TPSA) is 49.0 Å². The molecule has 0 heterocycles. The molecule has 2 rings (SSSR count). The van der Waals surface area contributed by atoms with Crippen LogP contribution in [0, 0.1) is 0 Å². The molecule has 5 nitrogen and oxygen atoms in total. The molecule has 0 atom stereocenters. The van der Waals surface area contributed by atoms with Crippen LogP contribution in [0.15, 0.2) is 36.4 Å². The van der Waals surface area contributed by atoms with Crippen molar-refractivity contribution in [2.24, 2.45) is 0 Å². The lowest BCUT2D eigenvalue weighted by Crippen LogP contribution is -2.16. The zero-order valence-corrected chi connectivity index (χ0v) is 14.7. The van der Waals surface area contributed by atoms with Gasteiger partial charge < -0.3 is 24.3 Å². The maximum atomic E-state index is 5.33. The van der Waals surface area contributed by atoms with E-state index in [0.717, 1.165) is 48.1 Å². The Morgan fingerprint density at radius 2 is 1.38 bits per heavy atom. The smallest absolute Gasteiger partial charge is 0.160 e. The normalized spacial score (nSPS) is 10.3. The molecule has 130 valence electrons. The molecule has 0 unspecified atom stereocenters. The zero-order chi connectivity index (χ0) is 17.4. The van der Waals surface area contributed by atoms with Crippen LogP contribution < -0.4 is 24.3 Å². The number of hydrogen-bond acceptors (Lipinski definition) is 5. The molecule has 0 amide bonds. The molecule has 0 fully saturated rings. The van der Waals surface area contributed by atoms with Crippen LogP contribution in [-0.2, 0) is 13.0 Å². The summed E-state index contributed by atoms with van der Waals surface area (Å²) in [5.74, 6) is 3.10. The van der Waals surface area contributed by atoms with Crippen LogP contribution in [0.4, 0.5) is 0 Å². The molecule has 24 heavy (non-hydrogen) atoms. The quantitative estimate of drug-likeness (QED) is 0.716. The van der Waals surface area contributed by atoms with E-state index < -0.39 is 0 Å². The first-order chi connectivity index (χ1) is 11.7. The van der Waals surface area contributed by atoms with E-state index in [0.29, 0.717) is 0 Å². The molecule has 0 aromatic heterocycles. The molecule has 0 saturated heterocycles. The predicted molar refractivity (Wildman–Crippen MR) is 94.5 cm³/mol. The summed E-state index contributed by atoms with van der Waals surface area (Å²) in [7, 11) is 6.60. The van der Waals surface area contributed by atoms with Gasteiger partial charge in [-0.25, -0.2) is 0 Å². The Kier molecular flexibility index (Phi) is 6.75. The molecule has 5 heteroatoms. The number of rotatable bonds is 9. The molecule has 0 spiro atoms. The van der Waals surface area contributed by atoms with Crippen molar-refractivity contribution in [2.45, 2.75) is 13.0 Å². The van der Waals surface area contributed by atoms with Crippen LogP contribution in [-0.4, -0.2) is 35.0 Å². The first-order valence-electron chi connectivity index (χ1n) is 7.83. The molecular weight excluding hydrogens is 306 g/mol. The van der Waals surface area contributed by atoms with E-state index in [1.165, 1.54) is 5.56 Å². The van der Waals surface area contributed by atoms with Gasteiger partial charge in [-0.15, -0.1) is 0 Å². The van der Waals surface area contributed by atoms with Gasteiger partial charge in [0.05, 0.1) is 28.4 Å². The fourth-order valence-electron chi connectivity index (χ4n) is 2.47. The van der Waals surface area contributed by atoms with Crippen molar-refractivity contribution in [1.82, 2.24) is 5.32 Å². The Hall–Kier alpha value is -2.40. The van der Waals surface area contributed by atoms with Gasteiger partial charge in [-0.3, -0.25) is 0 Å². The van der Waals surface area contributed by atoms with E-state index in [1.54, 1.807) is 28.4 Å². The number of benzene rings is 2. The first kappa shape index (κ1) is 17.9. The van der Waals surface area contributed by atoms with Crippen molar-refractivity contribution < 1.29 is 18.9 Å². The van der Waals surface area contributed by atoms with Crippen molar-refractivity contribution in [3.05, 3.63) is 47.5 Å². The van der Waals surface area contributed by atoms with Crippen LogP contribution in [0.2, 0.25) is 0 Å². The van der Waals surface area contributed by atoms with Crippen LogP contribution in [0.3, 0.4) is 0 Å². The molecule has 2 aromatic rings. The molecule has 0 aliphatic rings. The highest BCUT2D eigenvalue weighted by Gasteiger charge is 2.05. The lowest BCUT2D eigenvalue weighted by atomic mass is 10.1. The number of hydrogen-bond donors (Lipinski definition) is 1. The third-order valence-electron chi connectivity index (χ3n) is 3.78. The average molecular weight is 331 g/mol. The Balaban J connectivity index is 1.89. The fraction of sp³-hybridized carbons (Fsp3) is 0.368. The van der Waals surface area contributed by atoms with Gasteiger partial charge in [0.2, 0.25) is 0 Å².